The highest BCUT2D eigenvalue weighted by Crippen LogP contribution is 2.34. The minimum Gasteiger partial charge on any atom is -0.370 e. The summed E-state index contributed by atoms with van der Waals surface area (Å²) in [5.74, 6) is 0.0368. The Labute approximate surface area is 175 Å². The maximum absolute atomic E-state index is 12.4. The van der Waals surface area contributed by atoms with Crippen molar-refractivity contribution in [3.63, 3.8) is 0 Å². The smallest absolute Gasteiger partial charge is 0.279 e. The van der Waals surface area contributed by atoms with Crippen molar-refractivity contribution in [3.05, 3.63) is 59.0 Å². The van der Waals surface area contributed by atoms with Gasteiger partial charge in [-0.25, -0.2) is 4.98 Å². The molecule has 1 aliphatic heterocycles. The van der Waals surface area contributed by atoms with Crippen molar-refractivity contribution >= 4 is 22.9 Å². The normalized spacial score (nSPS) is 14.7. The van der Waals surface area contributed by atoms with E-state index in [2.05, 4.69) is 43.4 Å². The van der Waals surface area contributed by atoms with Crippen LogP contribution in [0.3, 0.4) is 0 Å². The molecule has 150 valence electrons. The summed E-state index contributed by atoms with van der Waals surface area (Å²) in [4.78, 5) is 19.8. The van der Waals surface area contributed by atoms with Crippen molar-refractivity contribution < 1.29 is 14.4 Å². The Balaban J connectivity index is 1.49. The van der Waals surface area contributed by atoms with Crippen LogP contribution < -0.4 is 10.2 Å². The van der Waals surface area contributed by atoms with E-state index >= 15 is 0 Å². The van der Waals surface area contributed by atoms with Crippen LogP contribution in [-0.4, -0.2) is 43.7 Å². The number of amides is 1. The monoisotopic (exact) mass is 408 g/mol. The molecule has 0 saturated carbocycles. The predicted molar refractivity (Wildman–Crippen MR) is 117 cm³/mol. The second-order valence-corrected chi connectivity index (χ2v) is 8.66. The molecule has 1 aliphatic rings. The first kappa shape index (κ1) is 19.8. The number of quaternary nitrogens is 1. The van der Waals surface area contributed by atoms with E-state index in [-0.39, 0.29) is 5.91 Å². The summed E-state index contributed by atoms with van der Waals surface area (Å²) in [6.45, 7) is 7.88. The Hall–Kier alpha value is -2.54. The van der Waals surface area contributed by atoms with Crippen molar-refractivity contribution in [2.75, 3.05) is 38.2 Å². The fraction of sp³-hybridized carbons (Fsp3) is 0.304. The second-order valence-electron chi connectivity index (χ2n) is 7.46. The fourth-order valence-electron chi connectivity index (χ4n) is 3.50. The van der Waals surface area contributed by atoms with Crippen LogP contribution in [0.4, 0.5) is 5.69 Å². The van der Waals surface area contributed by atoms with Crippen molar-refractivity contribution in [2.45, 2.75) is 13.8 Å². The average molecular weight is 409 g/mol. The molecule has 0 aliphatic carbocycles. The van der Waals surface area contributed by atoms with Crippen LogP contribution in [-0.2, 0) is 9.53 Å². The first-order valence-electron chi connectivity index (χ1n) is 9.94. The van der Waals surface area contributed by atoms with E-state index < -0.39 is 0 Å². The maximum Gasteiger partial charge on any atom is 0.279 e. The van der Waals surface area contributed by atoms with Crippen LogP contribution >= 0.6 is 11.3 Å². The quantitative estimate of drug-likeness (QED) is 0.683. The highest BCUT2D eigenvalue weighted by Gasteiger charge is 2.18. The summed E-state index contributed by atoms with van der Waals surface area (Å²) in [5.41, 5.74) is 5.23. The number of nitrogens with zero attached hydrogens (tertiary/aromatic N) is 1. The van der Waals surface area contributed by atoms with Gasteiger partial charge < -0.3 is 15.0 Å². The summed E-state index contributed by atoms with van der Waals surface area (Å²) in [5, 5.41) is 4.00. The van der Waals surface area contributed by atoms with Gasteiger partial charge in [0.15, 0.2) is 6.54 Å². The Morgan fingerprint density at radius 3 is 2.62 bits per heavy atom. The summed E-state index contributed by atoms with van der Waals surface area (Å²) in [6.07, 6.45) is 0. The lowest BCUT2D eigenvalue weighted by Gasteiger charge is -2.23. The number of morpholine rings is 1. The number of rotatable bonds is 5. The van der Waals surface area contributed by atoms with Gasteiger partial charge in [0.1, 0.15) is 18.1 Å². The van der Waals surface area contributed by atoms with E-state index in [1.807, 2.05) is 24.3 Å². The van der Waals surface area contributed by atoms with Crippen molar-refractivity contribution in [1.82, 2.24) is 4.98 Å². The number of ether oxygens (including phenoxy) is 1. The standard InChI is InChI=1S/C23H25N3O2S/c1-16-6-8-18(9-7-16)22-17(2)29-23(25-22)19-4-3-5-20(14-19)24-21(27)15-26-10-12-28-13-11-26/h3-9,14H,10-13,15H2,1-2H3,(H,24,27)/p+1. The molecule has 1 saturated heterocycles. The lowest BCUT2D eigenvalue weighted by atomic mass is 10.1. The van der Waals surface area contributed by atoms with Crippen LogP contribution in [0.25, 0.3) is 21.8 Å². The minimum absolute atomic E-state index is 0.0368. The fourth-order valence-corrected chi connectivity index (χ4v) is 4.43. The molecule has 2 aromatic carbocycles. The summed E-state index contributed by atoms with van der Waals surface area (Å²) < 4.78 is 5.36. The average Bonchev–Trinajstić information content (AvgIpc) is 3.11. The highest BCUT2D eigenvalue weighted by atomic mass is 32.1. The zero-order valence-corrected chi connectivity index (χ0v) is 17.6. The van der Waals surface area contributed by atoms with Crippen LogP contribution in [0.15, 0.2) is 48.5 Å². The Bertz CT molecular complexity index is 992. The number of hydrogen-bond acceptors (Lipinski definition) is 4. The highest BCUT2D eigenvalue weighted by molar-refractivity contribution is 7.15. The van der Waals surface area contributed by atoms with Gasteiger partial charge in [-0.15, -0.1) is 11.3 Å². The minimum atomic E-state index is 0.0368. The molecule has 6 heteroatoms. The Morgan fingerprint density at radius 1 is 1.10 bits per heavy atom. The number of nitrogens with one attached hydrogen (secondary N) is 2. The van der Waals surface area contributed by atoms with Gasteiger partial charge in [-0.3, -0.25) is 4.79 Å². The van der Waals surface area contributed by atoms with E-state index in [9.17, 15) is 4.79 Å². The largest absolute Gasteiger partial charge is 0.370 e. The Kier molecular flexibility index (Phi) is 6.04. The van der Waals surface area contributed by atoms with Gasteiger partial charge in [-0.1, -0.05) is 42.0 Å². The number of thiazole rings is 1. The van der Waals surface area contributed by atoms with E-state index in [1.165, 1.54) is 15.3 Å². The maximum atomic E-state index is 12.4. The summed E-state index contributed by atoms with van der Waals surface area (Å²) in [7, 11) is 0. The van der Waals surface area contributed by atoms with Crippen molar-refractivity contribution in [2.24, 2.45) is 0 Å². The number of anilines is 1. The molecule has 29 heavy (non-hydrogen) atoms. The molecule has 2 heterocycles. The lowest BCUT2D eigenvalue weighted by Crippen LogP contribution is -3.15. The van der Waals surface area contributed by atoms with E-state index in [1.54, 1.807) is 11.3 Å². The van der Waals surface area contributed by atoms with Crippen LogP contribution in [0, 0.1) is 13.8 Å². The molecule has 0 spiro atoms. The molecule has 0 radical (unpaired) electrons. The van der Waals surface area contributed by atoms with Gasteiger partial charge in [-0.2, -0.15) is 0 Å². The molecule has 1 amide bonds. The zero-order chi connectivity index (χ0) is 20.2. The van der Waals surface area contributed by atoms with Gasteiger partial charge in [-0.05, 0) is 26.0 Å². The molecular formula is C23H26N3O2S+. The van der Waals surface area contributed by atoms with Crippen molar-refractivity contribution in [1.29, 1.82) is 0 Å². The number of carbonyl (C=O) groups is 1. The number of carbonyl (C=O) groups excluding carboxylic acids is 1. The molecule has 1 fully saturated rings. The first-order chi connectivity index (χ1) is 14.1. The first-order valence-corrected chi connectivity index (χ1v) is 10.8. The molecule has 4 rings (SSSR count). The SMILES string of the molecule is Cc1ccc(-c2nc(-c3cccc(NC(=O)C[NH+]4CCOCC4)c3)sc2C)cc1. The molecule has 2 N–H and O–H groups in total. The van der Waals surface area contributed by atoms with Gasteiger partial charge in [0.05, 0.1) is 18.9 Å². The Morgan fingerprint density at radius 2 is 1.86 bits per heavy atom. The number of aryl methyl sites for hydroxylation is 2. The van der Waals surface area contributed by atoms with Gasteiger partial charge >= 0.3 is 0 Å². The predicted octanol–water partition coefficient (Wildman–Crippen LogP) is 2.95. The van der Waals surface area contributed by atoms with Gasteiger partial charge in [0, 0.05) is 21.7 Å². The van der Waals surface area contributed by atoms with Crippen LogP contribution in [0.2, 0.25) is 0 Å². The molecule has 0 bridgehead atoms. The van der Waals surface area contributed by atoms with Crippen LogP contribution in [0.1, 0.15) is 10.4 Å². The van der Waals surface area contributed by atoms with Gasteiger partial charge in [0.25, 0.3) is 5.91 Å². The number of benzene rings is 2. The molecule has 0 unspecified atom stereocenters. The topological polar surface area (TPSA) is 55.7 Å². The van der Waals surface area contributed by atoms with E-state index in [0.717, 1.165) is 53.8 Å². The van der Waals surface area contributed by atoms with E-state index in [0.29, 0.717) is 6.54 Å². The van der Waals surface area contributed by atoms with E-state index in [4.69, 9.17) is 9.72 Å². The summed E-state index contributed by atoms with van der Waals surface area (Å²) >= 11 is 1.68. The van der Waals surface area contributed by atoms with Crippen LogP contribution in [0.5, 0.6) is 0 Å². The third-order valence-corrected chi connectivity index (χ3v) is 6.15. The molecular weight excluding hydrogens is 382 g/mol. The van der Waals surface area contributed by atoms with Gasteiger partial charge in [0.2, 0.25) is 0 Å². The molecule has 1 aromatic heterocycles. The second kappa shape index (κ2) is 8.86. The third-order valence-electron chi connectivity index (χ3n) is 5.13. The molecule has 0 atom stereocenters. The van der Waals surface area contributed by atoms with Crippen molar-refractivity contribution in [3.8, 4) is 21.8 Å². The zero-order valence-electron chi connectivity index (χ0n) is 16.8. The number of aromatic nitrogens is 1. The molecule has 5 nitrogen and oxygen atoms in total. The summed E-state index contributed by atoms with van der Waals surface area (Å²) in [6, 6.07) is 16.4. The number of hydrogen-bond donors (Lipinski definition) is 2. The lowest BCUT2D eigenvalue weighted by molar-refractivity contribution is -0.899. The third kappa shape index (κ3) is 4.90. The molecule has 3 aromatic rings.